The second-order valence-electron chi connectivity index (χ2n) is 7.84. The van der Waals surface area contributed by atoms with Crippen LogP contribution < -0.4 is 20.5 Å². The number of amides is 1. The molecule has 2 aromatic heterocycles. The van der Waals surface area contributed by atoms with Gasteiger partial charge in [-0.25, -0.2) is 10.1 Å². The van der Waals surface area contributed by atoms with Gasteiger partial charge in [0.25, 0.3) is 11.5 Å². The van der Waals surface area contributed by atoms with E-state index in [1.165, 1.54) is 22.4 Å². The van der Waals surface area contributed by atoms with Crippen LogP contribution in [0.4, 0.5) is 0 Å². The number of carbonyl (C=O) groups excluding carboxylic acids is 1. The molecule has 1 aliphatic rings. The van der Waals surface area contributed by atoms with Crippen molar-refractivity contribution in [3.8, 4) is 11.5 Å². The summed E-state index contributed by atoms with van der Waals surface area (Å²) in [5.41, 5.74) is 3.91. The summed E-state index contributed by atoms with van der Waals surface area (Å²) in [6, 6.07) is 3.55. The van der Waals surface area contributed by atoms with Gasteiger partial charge >= 0.3 is 0 Å². The van der Waals surface area contributed by atoms with E-state index in [0.717, 1.165) is 29.5 Å². The third-order valence-electron chi connectivity index (χ3n) is 5.42. The molecule has 0 aliphatic heterocycles. The van der Waals surface area contributed by atoms with Gasteiger partial charge in [0, 0.05) is 4.88 Å². The van der Waals surface area contributed by atoms with Crippen LogP contribution in [0.2, 0.25) is 0 Å². The first kappa shape index (κ1) is 23.4. The van der Waals surface area contributed by atoms with Crippen LogP contribution in [-0.4, -0.2) is 40.8 Å². The number of hydrogen-bond donors (Lipinski definition) is 1. The van der Waals surface area contributed by atoms with Crippen LogP contribution in [0.3, 0.4) is 0 Å². The second-order valence-corrected chi connectivity index (χ2v) is 9.78. The predicted molar refractivity (Wildman–Crippen MR) is 130 cm³/mol. The maximum Gasteiger partial charge on any atom is 0.279 e. The molecule has 33 heavy (non-hydrogen) atoms. The Morgan fingerprint density at radius 3 is 3.03 bits per heavy atom. The molecule has 4 rings (SSSR count). The minimum Gasteiger partial charge on any atom is -0.493 e. The van der Waals surface area contributed by atoms with E-state index in [4.69, 9.17) is 9.47 Å². The van der Waals surface area contributed by atoms with Crippen molar-refractivity contribution in [2.24, 2.45) is 11.0 Å². The molecule has 174 valence electrons. The number of ether oxygens (including phenoxy) is 2. The van der Waals surface area contributed by atoms with Crippen molar-refractivity contribution in [1.29, 1.82) is 0 Å². The van der Waals surface area contributed by atoms with E-state index in [1.54, 1.807) is 19.2 Å². The standard InChI is InChI=1S/C22H24BrN5O4S/c1-4-32-20-15(23)8-13(9-16(20)31-3)10-24-25-18(29)11-28-22(30)19-14-6-5-12(2)7-17(14)33-21(19)26-27-28/h8-10,12H,4-7,11H2,1-3H3,(H,25,29)/b24-10+. The van der Waals surface area contributed by atoms with E-state index in [-0.39, 0.29) is 12.1 Å². The normalized spacial score (nSPS) is 15.6. The van der Waals surface area contributed by atoms with Gasteiger partial charge in [0.15, 0.2) is 16.3 Å². The smallest absolute Gasteiger partial charge is 0.279 e. The van der Waals surface area contributed by atoms with Crippen LogP contribution >= 0.6 is 27.3 Å². The molecule has 0 radical (unpaired) electrons. The molecule has 2 heterocycles. The van der Waals surface area contributed by atoms with Crippen LogP contribution in [0.25, 0.3) is 10.2 Å². The topological polar surface area (TPSA) is 108 Å². The summed E-state index contributed by atoms with van der Waals surface area (Å²) in [6.07, 6.45) is 4.34. The monoisotopic (exact) mass is 533 g/mol. The first-order valence-corrected chi connectivity index (χ1v) is 12.2. The van der Waals surface area contributed by atoms with Gasteiger partial charge in [-0.15, -0.1) is 16.4 Å². The van der Waals surface area contributed by atoms with Crippen LogP contribution in [0.15, 0.2) is 26.5 Å². The van der Waals surface area contributed by atoms with Crippen LogP contribution in [0, 0.1) is 5.92 Å². The van der Waals surface area contributed by atoms with E-state index in [2.05, 4.69) is 43.7 Å². The van der Waals surface area contributed by atoms with Crippen molar-refractivity contribution < 1.29 is 14.3 Å². The third-order valence-corrected chi connectivity index (χ3v) is 7.15. The van der Waals surface area contributed by atoms with E-state index in [0.29, 0.717) is 44.3 Å². The van der Waals surface area contributed by atoms with Crippen LogP contribution in [-0.2, 0) is 24.2 Å². The van der Waals surface area contributed by atoms with Gasteiger partial charge in [0.1, 0.15) is 6.54 Å². The fourth-order valence-electron chi connectivity index (χ4n) is 3.84. The number of methoxy groups -OCH3 is 1. The lowest BCUT2D eigenvalue weighted by Crippen LogP contribution is -2.32. The van der Waals surface area contributed by atoms with E-state index in [1.807, 2.05) is 6.92 Å². The Morgan fingerprint density at radius 2 is 2.27 bits per heavy atom. The van der Waals surface area contributed by atoms with Gasteiger partial charge in [-0.05, 0) is 71.3 Å². The number of hydrazone groups is 1. The van der Waals surface area contributed by atoms with Crippen molar-refractivity contribution >= 4 is 49.6 Å². The van der Waals surface area contributed by atoms with E-state index >= 15 is 0 Å². The second kappa shape index (κ2) is 10.0. The Labute approximate surface area is 202 Å². The molecular formula is C22H24BrN5O4S. The highest BCUT2D eigenvalue weighted by Gasteiger charge is 2.24. The highest BCUT2D eigenvalue weighted by molar-refractivity contribution is 9.10. The predicted octanol–water partition coefficient (Wildman–Crippen LogP) is 3.30. The lowest BCUT2D eigenvalue weighted by molar-refractivity contribution is -0.121. The first-order chi connectivity index (χ1) is 15.9. The Morgan fingerprint density at radius 1 is 1.45 bits per heavy atom. The average Bonchev–Trinajstić information content (AvgIpc) is 3.15. The molecular weight excluding hydrogens is 510 g/mol. The summed E-state index contributed by atoms with van der Waals surface area (Å²) in [4.78, 5) is 27.2. The number of halogens is 1. The largest absolute Gasteiger partial charge is 0.493 e. The van der Waals surface area contributed by atoms with Crippen molar-refractivity contribution in [3.63, 3.8) is 0 Å². The van der Waals surface area contributed by atoms with Gasteiger partial charge < -0.3 is 9.47 Å². The molecule has 1 amide bonds. The summed E-state index contributed by atoms with van der Waals surface area (Å²) in [6.45, 7) is 4.33. The highest BCUT2D eigenvalue weighted by atomic mass is 79.9. The van der Waals surface area contributed by atoms with Gasteiger partial charge in [-0.1, -0.05) is 12.1 Å². The van der Waals surface area contributed by atoms with Gasteiger partial charge in [-0.3, -0.25) is 9.59 Å². The van der Waals surface area contributed by atoms with Gasteiger partial charge in [-0.2, -0.15) is 5.10 Å². The maximum atomic E-state index is 13.0. The lowest BCUT2D eigenvalue weighted by atomic mass is 9.89. The van der Waals surface area contributed by atoms with Gasteiger partial charge in [0.05, 0.1) is 29.8 Å². The highest BCUT2D eigenvalue weighted by Crippen LogP contribution is 2.36. The zero-order valence-corrected chi connectivity index (χ0v) is 21.0. The van der Waals surface area contributed by atoms with Crippen LogP contribution in [0.1, 0.15) is 36.3 Å². The molecule has 9 nitrogen and oxygen atoms in total. The molecule has 1 aliphatic carbocycles. The fourth-order valence-corrected chi connectivity index (χ4v) is 5.74. The lowest BCUT2D eigenvalue weighted by Gasteiger charge is -2.17. The molecule has 3 aromatic rings. The zero-order chi connectivity index (χ0) is 23.5. The zero-order valence-electron chi connectivity index (χ0n) is 18.6. The Kier molecular flexibility index (Phi) is 7.08. The number of carbonyl (C=O) groups is 1. The quantitative estimate of drug-likeness (QED) is 0.368. The van der Waals surface area contributed by atoms with E-state index in [9.17, 15) is 9.59 Å². The molecule has 0 saturated heterocycles. The molecule has 11 heteroatoms. The number of benzene rings is 1. The number of fused-ring (bicyclic) bond motifs is 3. The molecule has 1 aromatic carbocycles. The van der Waals surface area contributed by atoms with Crippen molar-refractivity contribution in [2.75, 3.05) is 13.7 Å². The summed E-state index contributed by atoms with van der Waals surface area (Å²) in [7, 11) is 1.55. The Hall–Kier alpha value is -2.79. The molecule has 0 saturated carbocycles. The number of nitrogens with one attached hydrogen (secondary N) is 1. The number of aryl methyl sites for hydroxylation is 1. The summed E-state index contributed by atoms with van der Waals surface area (Å²) < 4.78 is 12.7. The van der Waals surface area contributed by atoms with Crippen molar-refractivity contribution in [2.45, 2.75) is 39.7 Å². The van der Waals surface area contributed by atoms with Crippen LogP contribution in [0.5, 0.6) is 11.5 Å². The Balaban J connectivity index is 1.47. The molecule has 0 spiro atoms. The third kappa shape index (κ3) is 4.93. The summed E-state index contributed by atoms with van der Waals surface area (Å²) in [5, 5.41) is 12.7. The molecule has 1 N–H and O–H groups in total. The molecule has 1 unspecified atom stereocenters. The maximum absolute atomic E-state index is 13.0. The van der Waals surface area contributed by atoms with Crippen molar-refractivity contribution in [3.05, 3.63) is 43.0 Å². The Bertz CT molecular complexity index is 1290. The average molecular weight is 534 g/mol. The van der Waals surface area contributed by atoms with E-state index < -0.39 is 5.91 Å². The first-order valence-electron chi connectivity index (χ1n) is 10.6. The minimum absolute atomic E-state index is 0.267. The molecule has 0 bridgehead atoms. The summed E-state index contributed by atoms with van der Waals surface area (Å²) >= 11 is 4.98. The molecule has 1 atom stereocenters. The molecule has 0 fully saturated rings. The summed E-state index contributed by atoms with van der Waals surface area (Å²) in [5.74, 6) is 1.26. The van der Waals surface area contributed by atoms with Crippen molar-refractivity contribution in [1.82, 2.24) is 20.4 Å². The number of nitrogens with zero attached hydrogens (tertiary/aromatic N) is 4. The fraction of sp³-hybridized carbons (Fsp3) is 0.409. The van der Waals surface area contributed by atoms with Gasteiger partial charge in [0.2, 0.25) is 0 Å². The number of aromatic nitrogens is 3. The number of thiophene rings is 1. The number of hydrogen-bond acceptors (Lipinski definition) is 8. The SMILES string of the molecule is CCOc1c(Br)cc(/C=N/NC(=O)Cn2nnc3sc4c(c3c2=O)CCC(C)C4)cc1OC. The number of rotatable bonds is 7. The minimum atomic E-state index is -0.475.